The molecule has 0 radical (unpaired) electrons. The van der Waals surface area contributed by atoms with Crippen LogP contribution in [0.1, 0.15) is 34.3 Å². The normalized spacial score (nSPS) is 12.9. The number of hydrogen-bond donors (Lipinski definition) is 3. The summed E-state index contributed by atoms with van der Waals surface area (Å²) >= 11 is 0. The number of hydrogen-bond acceptors (Lipinski definition) is 4. The molecule has 3 N–H and O–H groups in total. The summed E-state index contributed by atoms with van der Waals surface area (Å²) in [7, 11) is 0. The Bertz CT molecular complexity index is 1210. The van der Waals surface area contributed by atoms with Crippen LogP contribution in [0, 0.1) is 11.7 Å². The van der Waals surface area contributed by atoms with Crippen LogP contribution in [0.3, 0.4) is 0 Å². The fraction of sp³-hybridized carbons (Fsp3) is 0.192. The number of carboxylic acids is 1. The maximum Gasteiger partial charge on any atom is 0.411 e. The Hall–Kier alpha value is -4.20. The number of anilines is 1. The SMILES string of the molecule is CC(CNC(=O)c1cccc(F)c1NC(=O)OCC1c2ccccc2-c2ccccc21)C(=O)O. The minimum atomic E-state index is -1.07. The van der Waals surface area contributed by atoms with Crippen molar-refractivity contribution < 1.29 is 28.6 Å². The van der Waals surface area contributed by atoms with E-state index in [2.05, 4.69) is 10.6 Å². The van der Waals surface area contributed by atoms with Gasteiger partial charge in [0.2, 0.25) is 0 Å². The summed E-state index contributed by atoms with van der Waals surface area (Å²) in [6.45, 7) is 1.32. The third-order valence-electron chi connectivity index (χ3n) is 5.82. The van der Waals surface area contributed by atoms with Gasteiger partial charge in [-0.15, -0.1) is 0 Å². The van der Waals surface area contributed by atoms with Gasteiger partial charge in [-0.1, -0.05) is 61.5 Å². The zero-order valence-electron chi connectivity index (χ0n) is 18.4. The molecular weight excluding hydrogens is 439 g/mol. The second-order valence-electron chi connectivity index (χ2n) is 8.06. The van der Waals surface area contributed by atoms with E-state index in [1.807, 2.05) is 48.5 Å². The van der Waals surface area contributed by atoms with E-state index in [0.717, 1.165) is 28.3 Å². The number of fused-ring (bicyclic) bond motifs is 3. The fourth-order valence-electron chi connectivity index (χ4n) is 4.01. The van der Waals surface area contributed by atoms with E-state index in [9.17, 15) is 18.8 Å². The molecular formula is C26H23FN2O5. The zero-order chi connectivity index (χ0) is 24.2. The number of benzene rings is 3. The second kappa shape index (κ2) is 9.74. The van der Waals surface area contributed by atoms with Crippen LogP contribution in [0.2, 0.25) is 0 Å². The molecule has 34 heavy (non-hydrogen) atoms. The summed E-state index contributed by atoms with van der Waals surface area (Å²) in [5, 5.41) is 13.7. The summed E-state index contributed by atoms with van der Waals surface area (Å²) in [5.74, 6) is -3.58. The fourth-order valence-corrected chi connectivity index (χ4v) is 4.01. The quantitative estimate of drug-likeness (QED) is 0.475. The zero-order valence-corrected chi connectivity index (χ0v) is 18.4. The van der Waals surface area contributed by atoms with Gasteiger partial charge < -0.3 is 15.2 Å². The summed E-state index contributed by atoms with van der Waals surface area (Å²) in [6.07, 6.45) is -0.903. The Morgan fingerprint density at radius 1 is 0.971 bits per heavy atom. The van der Waals surface area contributed by atoms with Gasteiger partial charge >= 0.3 is 12.1 Å². The molecule has 7 nitrogen and oxygen atoms in total. The molecule has 3 aromatic carbocycles. The molecule has 1 unspecified atom stereocenters. The highest BCUT2D eigenvalue weighted by Gasteiger charge is 2.29. The van der Waals surface area contributed by atoms with Gasteiger partial charge in [0, 0.05) is 12.5 Å². The van der Waals surface area contributed by atoms with Gasteiger partial charge in [-0.25, -0.2) is 9.18 Å². The molecule has 0 heterocycles. The summed E-state index contributed by atoms with van der Waals surface area (Å²) in [5.41, 5.74) is 3.77. The average molecular weight is 462 g/mol. The highest BCUT2D eigenvalue weighted by atomic mass is 19.1. The van der Waals surface area contributed by atoms with E-state index >= 15 is 0 Å². The van der Waals surface area contributed by atoms with Crippen LogP contribution < -0.4 is 10.6 Å². The van der Waals surface area contributed by atoms with Crippen molar-refractivity contribution in [1.82, 2.24) is 5.32 Å². The first-order chi connectivity index (χ1) is 16.4. The van der Waals surface area contributed by atoms with Crippen molar-refractivity contribution in [1.29, 1.82) is 0 Å². The number of rotatable bonds is 7. The number of aliphatic carboxylic acids is 1. The van der Waals surface area contributed by atoms with E-state index in [1.54, 1.807) is 0 Å². The van der Waals surface area contributed by atoms with Crippen molar-refractivity contribution in [3.8, 4) is 11.1 Å². The topological polar surface area (TPSA) is 105 Å². The van der Waals surface area contributed by atoms with Gasteiger partial charge in [0.25, 0.3) is 5.91 Å². The van der Waals surface area contributed by atoms with Crippen LogP contribution in [0.4, 0.5) is 14.9 Å². The molecule has 0 saturated heterocycles. The lowest BCUT2D eigenvalue weighted by molar-refractivity contribution is -0.140. The van der Waals surface area contributed by atoms with Gasteiger partial charge in [-0.05, 0) is 34.4 Å². The lowest BCUT2D eigenvalue weighted by Gasteiger charge is -2.16. The van der Waals surface area contributed by atoms with Crippen LogP contribution in [-0.4, -0.2) is 36.2 Å². The van der Waals surface area contributed by atoms with Crippen molar-refractivity contribution in [3.05, 3.63) is 89.2 Å². The monoisotopic (exact) mass is 462 g/mol. The van der Waals surface area contributed by atoms with Crippen molar-refractivity contribution in [2.45, 2.75) is 12.8 Å². The molecule has 174 valence electrons. The van der Waals surface area contributed by atoms with Crippen LogP contribution in [-0.2, 0) is 9.53 Å². The summed E-state index contributed by atoms with van der Waals surface area (Å²) in [6, 6.07) is 19.5. The van der Waals surface area contributed by atoms with Gasteiger partial charge in [0.1, 0.15) is 12.4 Å². The average Bonchev–Trinajstić information content (AvgIpc) is 3.16. The number of carboxylic acid groups (broad SMARTS) is 1. The largest absolute Gasteiger partial charge is 0.481 e. The van der Waals surface area contributed by atoms with Gasteiger partial charge in [-0.3, -0.25) is 14.9 Å². The number of amides is 2. The van der Waals surface area contributed by atoms with E-state index in [-0.39, 0.29) is 30.3 Å². The first-order valence-corrected chi connectivity index (χ1v) is 10.8. The van der Waals surface area contributed by atoms with Gasteiger partial charge in [-0.2, -0.15) is 0 Å². The van der Waals surface area contributed by atoms with Gasteiger partial charge in [0.05, 0.1) is 17.2 Å². The smallest absolute Gasteiger partial charge is 0.411 e. The third kappa shape index (κ3) is 4.61. The van der Waals surface area contributed by atoms with Crippen LogP contribution >= 0.6 is 0 Å². The highest BCUT2D eigenvalue weighted by Crippen LogP contribution is 2.44. The molecule has 8 heteroatoms. The van der Waals surface area contributed by atoms with E-state index in [1.165, 1.54) is 19.1 Å². The van der Waals surface area contributed by atoms with Crippen molar-refractivity contribution in [3.63, 3.8) is 0 Å². The van der Waals surface area contributed by atoms with Crippen LogP contribution in [0.5, 0.6) is 0 Å². The minimum Gasteiger partial charge on any atom is -0.481 e. The molecule has 1 aliphatic carbocycles. The molecule has 0 fully saturated rings. The Balaban J connectivity index is 1.46. The maximum absolute atomic E-state index is 14.5. The Kier molecular flexibility index (Phi) is 6.58. The molecule has 0 bridgehead atoms. The predicted octanol–water partition coefficient (Wildman–Crippen LogP) is 4.64. The maximum atomic E-state index is 14.5. The second-order valence-corrected chi connectivity index (χ2v) is 8.06. The number of ether oxygens (including phenoxy) is 1. The first-order valence-electron chi connectivity index (χ1n) is 10.8. The lowest BCUT2D eigenvalue weighted by Crippen LogP contribution is -2.32. The minimum absolute atomic E-state index is 0.0337. The molecule has 1 aliphatic rings. The molecule has 3 aromatic rings. The van der Waals surface area contributed by atoms with E-state index in [0.29, 0.717) is 0 Å². The van der Waals surface area contributed by atoms with Crippen molar-refractivity contribution in [2.24, 2.45) is 5.92 Å². The van der Waals surface area contributed by atoms with Gasteiger partial charge in [0.15, 0.2) is 0 Å². The standard InChI is InChI=1S/C26H23FN2O5/c1-15(25(31)32)13-28-24(30)20-11-6-12-22(27)23(20)29-26(33)34-14-21-18-9-4-2-7-16(18)17-8-3-5-10-19(17)21/h2-12,15,21H,13-14H2,1H3,(H,28,30)(H,29,33)(H,31,32). The predicted molar refractivity (Wildman–Crippen MR) is 124 cm³/mol. The third-order valence-corrected chi connectivity index (χ3v) is 5.82. The number of carbonyl (C=O) groups excluding carboxylic acids is 2. The Labute approximate surface area is 195 Å². The van der Waals surface area contributed by atoms with E-state index in [4.69, 9.17) is 9.84 Å². The molecule has 1 atom stereocenters. The Morgan fingerprint density at radius 3 is 2.21 bits per heavy atom. The number of nitrogens with one attached hydrogen (secondary N) is 2. The summed E-state index contributed by atoms with van der Waals surface area (Å²) < 4.78 is 19.9. The molecule has 0 aliphatic heterocycles. The molecule has 0 aromatic heterocycles. The molecule has 0 spiro atoms. The van der Waals surface area contributed by atoms with Crippen molar-refractivity contribution >= 4 is 23.7 Å². The first kappa shape index (κ1) is 23.0. The molecule has 0 saturated carbocycles. The highest BCUT2D eigenvalue weighted by molar-refractivity contribution is 6.03. The molecule has 2 amide bonds. The number of carbonyl (C=O) groups is 3. The van der Waals surface area contributed by atoms with Crippen LogP contribution in [0.25, 0.3) is 11.1 Å². The van der Waals surface area contributed by atoms with Crippen molar-refractivity contribution in [2.75, 3.05) is 18.5 Å². The van der Waals surface area contributed by atoms with Crippen LogP contribution in [0.15, 0.2) is 66.7 Å². The number of para-hydroxylation sites is 1. The summed E-state index contributed by atoms with van der Waals surface area (Å²) in [4.78, 5) is 36.0. The molecule has 4 rings (SSSR count). The Morgan fingerprint density at radius 2 is 1.59 bits per heavy atom. The van der Waals surface area contributed by atoms with E-state index < -0.39 is 29.7 Å². The number of halogens is 1. The lowest BCUT2D eigenvalue weighted by atomic mass is 9.98.